The van der Waals surface area contributed by atoms with Gasteiger partial charge in [0.15, 0.2) is 0 Å². The topological polar surface area (TPSA) is 26.0 Å². The number of benzene rings is 1. The molecule has 0 saturated carbocycles. The van der Waals surface area contributed by atoms with Crippen molar-refractivity contribution in [3.8, 4) is 0 Å². The number of rotatable bonds is 1. The molecule has 12 heavy (non-hydrogen) atoms. The van der Waals surface area contributed by atoms with Crippen LogP contribution in [0.2, 0.25) is 0 Å². The van der Waals surface area contributed by atoms with Crippen LogP contribution in [0.1, 0.15) is 17.5 Å². The predicted molar refractivity (Wildman–Crippen MR) is 51.8 cm³/mol. The van der Waals surface area contributed by atoms with Crippen molar-refractivity contribution in [2.75, 3.05) is 6.54 Å². The first-order chi connectivity index (χ1) is 5.92. The summed E-state index contributed by atoms with van der Waals surface area (Å²) in [5.41, 5.74) is 9.79. The summed E-state index contributed by atoms with van der Waals surface area (Å²) in [5, 5.41) is 0. The second-order valence-corrected chi connectivity index (χ2v) is 3.12. The highest BCUT2D eigenvalue weighted by Crippen LogP contribution is 2.31. The summed E-state index contributed by atoms with van der Waals surface area (Å²) in [5.74, 6) is 0. The van der Waals surface area contributed by atoms with Gasteiger partial charge >= 0.3 is 0 Å². The lowest BCUT2D eigenvalue weighted by Gasteiger charge is -1.98. The minimum absolute atomic E-state index is 0.656. The molecule has 0 aliphatic heterocycles. The zero-order chi connectivity index (χ0) is 8.39. The molecule has 0 spiro atoms. The molecule has 1 aliphatic carbocycles. The summed E-state index contributed by atoms with van der Waals surface area (Å²) in [6.07, 6.45) is 4.48. The summed E-state index contributed by atoms with van der Waals surface area (Å²) in [6, 6.07) is 8.58. The molecular weight excluding hydrogens is 146 g/mol. The van der Waals surface area contributed by atoms with E-state index in [0.29, 0.717) is 6.54 Å². The summed E-state index contributed by atoms with van der Waals surface area (Å²) >= 11 is 0. The lowest BCUT2D eigenvalue weighted by atomic mass is 10.1. The molecule has 1 nitrogen and oxygen atoms in total. The standard InChI is InChI=1S/C11H13N/c12-8-7-10-6-5-9-3-1-2-4-11(9)10/h1-4,7H,5-6,8,12H2/b10-7+. The molecule has 62 valence electrons. The molecule has 0 unspecified atom stereocenters. The van der Waals surface area contributed by atoms with E-state index in [1.807, 2.05) is 0 Å². The van der Waals surface area contributed by atoms with Gasteiger partial charge in [0.25, 0.3) is 0 Å². The van der Waals surface area contributed by atoms with E-state index in [-0.39, 0.29) is 0 Å². The molecule has 0 aromatic heterocycles. The Morgan fingerprint density at radius 2 is 2.08 bits per heavy atom. The van der Waals surface area contributed by atoms with Crippen molar-refractivity contribution in [2.45, 2.75) is 12.8 Å². The Labute approximate surface area is 72.9 Å². The highest BCUT2D eigenvalue weighted by Gasteiger charge is 2.13. The van der Waals surface area contributed by atoms with Gasteiger partial charge < -0.3 is 5.73 Å². The fraction of sp³-hybridized carbons (Fsp3) is 0.273. The van der Waals surface area contributed by atoms with Crippen molar-refractivity contribution in [3.63, 3.8) is 0 Å². The van der Waals surface area contributed by atoms with Crippen LogP contribution in [0.3, 0.4) is 0 Å². The Morgan fingerprint density at radius 1 is 1.25 bits per heavy atom. The minimum atomic E-state index is 0.656. The number of fused-ring (bicyclic) bond motifs is 1. The number of nitrogens with two attached hydrogens (primary N) is 1. The molecule has 0 saturated heterocycles. The van der Waals surface area contributed by atoms with Gasteiger partial charge in [-0.05, 0) is 29.5 Å². The number of aryl methyl sites for hydroxylation is 1. The molecule has 0 radical (unpaired) electrons. The van der Waals surface area contributed by atoms with Gasteiger partial charge in [-0.15, -0.1) is 0 Å². The predicted octanol–water partition coefficient (Wildman–Crippen LogP) is 1.97. The Balaban J connectivity index is 2.43. The first-order valence-corrected chi connectivity index (χ1v) is 4.39. The normalized spacial score (nSPS) is 18.2. The van der Waals surface area contributed by atoms with Gasteiger partial charge in [0.05, 0.1) is 0 Å². The monoisotopic (exact) mass is 159 g/mol. The van der Waals surface area contributed by atoms with E-state index in [0.717, 1.165) is 6.42 Å². The third kappa shape index (κ3) is 1.16. The van der Waals surface area contributed by atoms with Crippen LogP contribution in [0.15, 0.2) is 30.3 Å². The van der Waals surface area contributed by atoms with Crippen LogP contribution in [0.25, 0.3) is 5.57 Å². The third-order valence-corrected chi connectivity index (χ3v) is 2.39. The van der Waals surface area contributed by atoms with Crippen LogP contribution in [0, 0.1) is 0 Å². The largest absolute Gasteiger partial charge is 0.327 e. The van der Waals surface area contributed by atoms with Crippen molar-refractivity contribution in [1.82, 2.24) is 0 Å². The zero-order valence-corrected chi connectivity index (χ0v) is 7.09. The first kappa shape index (κ1) is 7.56. The lowest BCUT2D eigenvalue weighted by Crippen LogP contribution is -1.94. The van der Waals surface area contributed by atoms with Crippen molar-refractivity contribution in [3.05, 3.63) is 41.5 Å². The number of allylic oxidation sites excluding steroid dienone is 1. The van der Waals surface area contributed by atoms with Gasteiger partial charge in [0.1, 0.15) is 0 Å². The van der Waals surface area contributed by atoms with Crippen molar-refractivity contribution >= 4 is 5.57 Å². The van der Waals surface area contributed by atoms with Crippen molar-refractivity contribution in [2.24, 2.45) is 5.73 Å². The lowest BCUT2D eigenvalue weighted by molar-refractivity contribution is 1.08. The number of hydrogen-bond donors (Lipinski definition) is 1. The molecule has 0 heterocycles. The van der Waals surface area contributed by atoms with Crippen LogP contribution in [-0.2, 0) is 6.42 Å². The Kier molecular flexibility index (Phi) is 1.96. The van der Waals surface area contributed by atoms with Gasteiger partial charge in [0.2, 0.25) is 0 Å². The number of hydrogen-bond acceptors (Lipinski definition) is 1. The molecule has 1 aromatic rings. The van der Waals surface area contributed by atoms with Crippen molar-refractivity contribution in [1.29, 1.82) is 0 Å². The minimum Gasteiger partial charge on any atom is -0.327 e. The van der Waals surface area contributed by atoms with Crippen molar-refractivity contribution < 1.29 is 0 Å². The molecule has 2 N–H and O–H groups in total. The average Bonchev–Trinajstić information content (AvgIpc) is 2.50. The van der Waals surface area contributed by atoms with Crippen LogP contribution in [-0.4, -0.2) is 6.54 Å². The Morgan fingerprint density at radius 3 is 2.92 bits per heavy atom. The van der Waals surface area contributed by atoms with Crippen LogP contribution < -0.4 is 5.73 Å². The fourth-order valence-corrected chi connectivity index (χ4v) is 1.81. The van der Waals surface area contributed by atoms with Crippen LogP contribution >= 0.6 is 0 Å². The molecule has 0 bridgehead atoms. The summed E-state index contributed by atoms with van der Waals surface area (Å²) in [6.45, 7) is 0.656. The van der Waals surface area contributed by atoms with E-state index in [1.165, 1.54) is 23.1 Å². The Bertz CT molecular complexity index is 313. The maximum absolute atomic E-state index is 5.49. The summed E-state index contributed by atoms with van der Waals surface area (Å²) in [7, 11) is 0. The maximum atomic E-state index is 5.49. The van der Waals surface area contributed by atoms with Gasteiger partial charge in [-0.1, -0.05) is 30.3 Å². The van der Waals surface area contributed by atoms with Crippen LogP contribution in [0.5, 0.6) is 0 Å². The van der Waals surface area contributed by atoms with E-state index in [4.69, 9.17) is 5.73 Å². The SMILES string of the molecule is NC/C=C1\CCc2ccccc21. The molecule has 1 aliphatic rings. The molecule has 1 aromatic carbocycles. The van der Waals surface area contributed by atoms with Crippen LogP contribution in [0.4, 0.5) is 0 Å². The molecule has 0 atom stereocenters. The quantitative estimate of drug-likeness (QED) is 0.666. The Hall–Kier alpha value is -1.08. The molecule has 0 fully saturated rings. The highest BCUT2D eigenvalue weighted by molar-refractivity contribution is 5.72. The van der Waals surface area contributed by atoms with Gasteiger partial charge in [-0.3, -0.25) is 0 Å². The van der Waals surface area contributed by atoms with E-state index < -0.39 is 0 Å². The summed E-state index contributed by atoms with van der Waals surface area (Å²) < 4.78 is 0. The van der Waals surface area contributed by atoms with Gasteiger partial charge in [0, 0.05) is 6.54 Å². The molecular formula is C11H13N. The van der Waals surface area contributed by atoms with E-state index >= 15 is 0 Å². The average molecular weight is 159 g/mol. The fourth-order valence-electron chi connectivity index (χ4n) is 1.81. The van der Waals surface area contributed by atoms with E-state index in [9.17, 15) is 0 Å². The second-order valence-electron chi connectivity index (χ2n) is 3.12. The third-order valence-electron chi connectivity index (χ3n) is 2.39. The molecule has 2 rings (SSSR count). The first-order valence-electron chi connectivity index (χ1n) is 4.39. The highest BCUT2D eigenvalue weighted by atomic mass is 14.5. The van der Waals surface area contributed by atoms with Gasteiger partial charge in [-0.25, -0.2) is 0 Å². The smallest absolute Gasteiger partial charge is 0.0112 e. The summed E-state index contributed by atoms with van der Waals surface area (Å²) in [4.78, 5) is 0. The maximum Gasteiger partial charge on any atom is 0.0112 e. The molecule has 0 amide bonds. The molecule has 1 heteroatoms. The van der Waals surface area contributed by atoms with E-state index in [2.05, 4.69) is 30.3 Å². The second kappa shape index (κ2) is 3.11. The van der Waals surface area contributed by atoms with Gasteiger partial charge in [-0.2, -0.15) is 0 Å². The zero-order valence-electron chi connectivity index (χ0n) is 7.09. The van der Waals surface area contributed by atoms with E-state index in [1.54, 1.807) is 0 Å².